The molecule has 8 nitrogen and oxygen atoms in total. The maximum atomic E-state index is 14.8. The average Bonchev–Trinajstić information content (AvgIpc) is 3.36. The van der Waals surface area contributed by atoms with Gasteiger partial charge in [0.05, 0.1) is 5.39 Å². The molecule has 26 heavy (non-hydrogen) atoms. The number of nitrogens with zero attached hydrogens (tertiary/aromatic N) is 4. The van der Waals surface area contributed by atoms with Crippen LogP contribution in [-0.4, -0.2) is 39.0 Å². The van der Waals surface area contributed by atoms with Gasteiger partial charge >= 0.3 is 5.69 Å². The van der Waals surface area contributed by atoms with Crippen molar-refractivity contribution in [1.29, 1.82) is 0 Å². The summed E-state index contributed by atoms with van der Waals surface area (Å²) < 4.78 is 16.7. The zero-order valence-electron chi connectivity index (χ0n) is 14.8. The lowest BCUT2D eigenvalue weighted by molar-refractivity contribution is 0.161. The van der Waals surface area contributed by atoms with Crippen molar-refractivity contribution in [2.24, 2.45) is 11.3 Å². The molecule has 0 radical (unpaired) electrons. The highest BCUT2D eigenvalue weighted by Gasteiger charge is 2.40. The summed E-state index contributed by atoms with van der Waals surface area (Å²) >= 11 is 0. The van der Waals surface area contributed by atoms with Crippen LogP contribution in [0.3, 0.4) is 0 Å². The predicted octanol–water partition coefficient (Wildman–Crippen LogP) is 0.201. The maximum Gasteiger partial charge on any atom is 0.351 e. The number of hydrogen-bond acceptors (Lipinski definition) is 6. The van der Waals surface area contributed by atoms with Crippen LogP contribution in [0.1, 0.15) is 32.7 Å². The number of aromatic nitrogens is 3. The Kier molecular flexibility index (Phi) is 3.62. The molecular formula is C17H22FN5O3. The Morgan fingerprint density at radius 2 is 2.08 bits per heavy atom. The molecule has 2 aromatic heterocycles. The van der Waals surface area contributed by atoms with E-state index in [-0.39, 0.29) is 40.8 Å². The zero-order chi connectivity index (χ0) is 18.8. The van der Waals surface area contributed by atoms with Gasteiger partial charge in [-0.15, -0.1) is 0 Å². The molecule has 2 aliphatic rings. The van der Waals surface area contributed by atoms with Gasteiger partial charge in [0.25, 0.3) is 5.56 Å². The predicted molar refractivity (Wildman–Crippen MR) is 95.2 cm³/mol. The largest absolute Gasteiger partial charge is 0.396 e. The van der Waals surface area contributed by atoms with E-state index in [1.807, 2.05) is 13.8 Å². The number of rotatable bonds is 3. The Morgan fingerprint density at radius 3 is 2.65 bits per heavy atom. The molecule has 0 aromatic carbocycles. The lowest BCUT2D eigenvalue weighted by atomic mass is 9.83. The Labute approximate surface area is 148 Å². The zero-order valence-corrected chi connectivity index (χ0v) is 14.8. The third kappa shape index (κ3) is 2.41. The molecule has 1 aliphatic heterocycles. The van der Waals surface area contributed by atoms with Crippen molar-refractivity contribution in [3.05, 3.63) is 32.7 Å². The van der Waals surface area contributed by atoms with Gasteiger partial charge in [0.1, 0.15) is 0 Å². The summed E-state index contributed by atoms with van der Waals surface area (Å²) in [5.74, 6) is 5.03. The molecule has 9 heteroatoms. The molecule has 1 saturated heterocycles. The fourth-order valence-electron chi connectivity index (χ4n) is 3.78. The lowest BCUT2D eigenvalue weighted by Gasteiger charge is -2.23. The highest BCUT2D eigenvalue weighted by Crippen LogP contribution is 2.39. The smallest absolute Gasteiger partial charge is 0.351 e. The highest BCUT2D eigenvalue weighted by atomic mass is 19.1. The van der Waals surface area contributed by atoms with Crippen LogP contribution in [0.15, 0.2) is 15.7 Å². The number of aliphatic hydroxyl groups excluding tert-OH is 1. The minimum atomic E-state index is -0.755. The number of aliphatic hydroxyl groups is 1. The van der Waals surface area contributed by atoms with E-state index in [4.69, 9.17) is 5.84 Å². The lowest BCUT2D eigenvalue weighted by Crippen LogP contribution is -2.45. The van der Waals surface area contributed by atoms with Crippen LogP contribution in [0.5, 0.6) is 0 Å². The van der Waals surface area contributed by atoms with Crippen LogP contribution < -0.4 is 22.0 Å². The summed E-state index contributed by atoms with van der Waals surface area (Å²) in [6.07, 6.45) is 1.59. The quantitative estimate of drug-likeness (QED) is 0.755. The van der Waals surface area contributed by atoms with Crippen LogP contribution >= 0.6 is 0 Å². The number of pyridine rings is 1. The SMILES string of the molecule is CC1(C)CN(c2nc3c(cc2F)c(=O)n(N)c(=O)n3C2CC2)CC1CO. The molecule has 1 saturated carbocycles. The number of nitrogen functional groups attached to an aromatic ring is 1. The van der Waals surface area contributed by atoms with Crippen LogP contribution in [0, 0.1) is 17.2 Å². The van der Waals surface area contributed by atoms with Gasteiger partial charge in [-0.05, 0) is 24.3 Å². The van der Waals surface area contributed by atoms with E-state index in [2.05, 4.69) is 4.98 Å². The van der Waals surface area contributed by atoms with Crippen LogP contribution in [0.2, 0.25) is 0 Å². The summed E-state index contributed by atoms with van der Waals surface area (Å²) in [6, 6.07) is 1.05. The number of halogens is 1. The monoisotopic (exact) mass is 363 g/mol. The minimum absolute atomic E-state index is 0.00239. The van der Waals surface area contributed by atoms with Gasteiger partial charge in [-0.2, -0.15) is 4.68 Å². The third-order valence-corrected chi connectivity index (χ3v) is 5.60. The van der Waals surface area contributed by atoms with Crippen molar-refractivity contribution in [1.82, 2.24) is 14.2 Å². The maximum absolute atomic E-state index is 14.8. The van der Waals surface area contributed by atoms with Crippen LogP contribution in [0.25, 0.3) is 11.0 Å². The highest BCUT2D eigenvalue weighted by molar-refractivity contribution is 5.77. The average molecular weight is 363 g/mol. The molecule has 4 rings (SSSR count). The second-order valence-electron chi connectivity index (χ2n) is 7.97. The van der Waals surface area contributed by atoms with Crippen molar-refractivity contribution >= 4 is 16.9 Å². The van der Waals surface area contributed by atoms with E-state index in [1.165, 1.54) is 4.57 Å². The van der Waals surface area contributed by atoms with Gasteiger partial charge in [-0.1, -0.05) is 13.8 Å². The van der Waals surface area contributed by atoms with Gasteiger partial charge in [-0.25, -0.2) is 14.2 Å². The standard InChI is InChI=1S/C17H22FN5O3/c1-17(2)8-21(6-9(17)7-24)14-12(18)5-11-13(20-14)22(10-3-4-10)16(26)23(19)15(11)25/h5,9-10,24H,3-4,6-8,19H2,1-2H3. The van der Waals surface area contributed by atoms with E-state index in [0.717, 1.165) is 18.9 Å². The first-order valence-electron chi connectivity index (χ1n) is 8.73. The van der Waals surface area contributed by atoms with E-state index in [0.29, 0.717) is 17.8 Å². The first kappa shape index (κ1) is 17.0. The van der Waals surface area contributed by atoms with Gasteiger partial charge < -0.3 is 15.8 Å². The van der Waals surface area contributed by atoms with Gasteiger partial charge in [0, 0.05) is 31.7 Å². The third-order valence-electron chi connectivity index (χ3n) is 5.60. The van der Waals surface area contributed by atoms with Gasteiger partial charge in [0.15, 0.2) is 17.3 Å². The summed E-state index contributed by atoms with van der Waals surface area (Å²) in [5.41, 5.74) is -1.42. The topological polar surface area (TPSA) is 106 Å². The van der Waals surface area contributed by atoms with Crippen LogP contribution in [-0.2, 0) is 0 Å². The molecule has 2 aromatic rings. The number of hydrogen-bond donors (Lipinski definition) is 2. The Balaban J connectivity index is 1.92. The fourth-order valence-corrected chi connectivity index (χ4v) is 3.78. The molecule has 0 amide bonds. The Morgan fingerprint density at radius 1 is 1.38 bits per heavy atom. The summed E-state index contributed by atoms with van der Waals surface area (Å²) in [7, 11) is 0. The van der Waals surface area contributed by atoms with Crippen LogP contribution in [0.4, 0.5) is 10.2 Å². The van der Waals surface area contributed by atoms with Crippen molar-refractivity contribution in [2.45, 2.75) is 32.7 Å². The first-order valence-corrected chi connectivity index (χ1v) is 8.73. The number of nitrogens with two attached hydrogens (primary N) is 1. The normalized spacial score (nSPS) is 22.3. The molecule has 1 atom stereocenters. The minimum Gasteiger partial charge on any atom is -0.396 e. The van der Waals surface area contributed by atoms with E-state index in [9.17, 15) is 19.1 Å². The molecule has 2 fully saturated rings. The van der Waals surface area contributed by atoms with Gasteiger partial charge in [0.2, 0.25) is 0 Å². The molecule has 3 N–H and O–H groups in total. The van der Waals surface area contributed by atoms with E-state index >= 15 is 0 Å². The van der Waals surface area contributed by atoms with Crippen molar-refractivity contribution in [3.63, 3.8) is 0 Å². The molecule has 1 unspecified atom stereocenters. The molecular weight excluding hydrogens is 341 g/mol. The number of anilines is 1. The van der Waals surface area contributed by atoms with Crippen molar-refractivity contribution < 1.29 is 9.50 Å². The molecule has 140 valence electrons. The van der Waals surface area contributed by atoms with Crippen molar-refractivity contribution in [3.8, 4) is 0 Å². The second-order valence-corrected chi connectivity index (χ2v) is 7.97. The Bertz CT molecular complexity index is 1010. The Hall–Kier alpha value is -2.42. The van der Waals surface area contributed by atoms with E-state index < -0.39 is 17.1 Å². The first-order chi connectivity index (χ1) is 12.2. The van der Waals surface area contributed by atoms with E-state index in [1.54, 1.807) is 4.90 Å². The summed E-state index contributed by atoms with van der Waals surface area (Å²) in [5, 5.41) is 9.59. The summed E-state index contributed by atoms with van der Waals surface area (Å²) in [6.45, 7) is 5.01. The molecule has 0 bridgehead atoms. The second kappa shape index (κ2) is 5.54. The molecule has 3 heterocycles. The van der Waals surface area contributed by atoms with Crippen molar-refractivity contribution in [2.75, 3.05) is 30.4 Å². The number of fused-ring (bicyclic) bond motifs is 1. The fraction of sp³-hybridized carbons (Fsp3) is 0.588. The van der Waals surface area contributed by atoms with Gasteiger partial charge in [-0.3, -0.25) is 9.36 Å². The summed E-state index contributed by atoms with van der Waals surface area (Å²) in [4.78, 5) is 30.9. The molecule has 1 aliphatic carbocycles. The molecule has 0 spiro atoms.